The first-order chi connectivity index (χ1) is 13.9. The highest BCUT2D eigenvalue weighted by Crippen LogP contribution is 2.25. The fraction of sp³-hybridized carbons (Fsp3) is 0.364. The molecule has 1 heterocycles. The summed E-state index contributed by atoms with van der Waals surface area (Å²) in [5.41, 5.74) is 7.02. The first-order valence-corrected chi connectivity index (χ1v) is 9.45. The second-order valence-corrected chi connectivity index (χ2v) is 7.16. The van der Waals surface area contributed by atoms with Gasteiger partial charge in [-0.25, -0.2) is 4.39 Å². The third kappa shape index (κ3) is 4.91. The van der Waals surface area contributed by atoms with Crippen molar-refractivity contribution in [3.05, 3.63) is 53.8 Å². The summed E-state index contributed by atoms with van der Waals surface area (Å²) < 4.78 is 25.0. The van der Waals surface area contributed by atoms with E-state index in [0.717, 1.165) is 16.9 Å². The van der Waals surface area contributed by atoms with Crippen LogP contribution in [0, 0.1) is 17.1 Å². The third-order valence-corrected chi connectivity index (χ3v) is 5.20. The van der Waals surface area contributed by atoms with Gasteiger partial charge < -0.3 is 20.5 Å². The number of nitrogens with one attached hydrogen (secondary N) is 1. The minimum absolute atomic E-state index is 0.0591. The zero-order valence-corrected chi connectivity index (χ0v) is 16.3. The smallest absolute Gasteiger partial charge is 0.241 e. The molecule has 0 radical (unpaired) electrons. The summed E-state index contributed by atoms with van der Waals surface area (Å²) in [6.45, 7) is 0.811. The number of benzene rings is 2. The molecule has 0 aliphatic carbocycles. The highest BCUT2D eigenvalue weighted by molar-refractivity contribution is 5.86. The van der Waals surface area contributed by atoms with Gasteiger partial charge in [0.15, 0.2) is 0 Å². The molecule has 1 aliphatic rings. The van der Waals surface area contributed by atoms with Gasteiger partial charge in [-0.3, -0.25) is 4.79 Å². The molecule has 7 heteroatoms. The van der Waals surface area contributed by atoms with Crippen LogP contribution in [0.2, 0.25) is 0 Å². The Morgan fingerprint density at radius 1 is 1.28 bits per heavy atom. The molecular formula is C22H24FN3O3. The lowest BCUT2D eigenvalue weighted by Crippen LogP contribution is -2.58. The summed E-state index contributed by atoms with van der Waals surface area (Å²) in [5.74, 6) is -0.107. The zero-order valence-electron chi connectivity index (χ0n) is 16.3. The molecule has 0 aromatic heterocycles. The van der Waals surface area contributed by atoms with Crippen LogP contribution in [-0.2, 0) is 16.0 Å². The molecule has 1 aliphatic heterocycles. The van der Waals surface area contributed by atoms with Crippen LogP contribution in [-0.4, -0.2) is 37.8 Å². The van der Waals surface area contributed by atoms with Gasteiger partial charge in [0.25, 0.3) is 0 Å². The number of amides is 1. The molecule has 1 atom stereocenters. The number of carbonyl (C=O) groups excluding carboxylic acids is 1. The second kappa shape index (κ2) is 9.03. The quantitative estimate of drug-likeness (QED) is 0.781. The fourth-order valence-electron chi connectivity index (χ4n) is 3.29. The number of methoxy groups -OCH3 is 1. The van der Waals surface area contributed by atoms with Crippen molar-refractivity contribution in [2.24, 2.45) is 5.73 Å². The normalized spacial score (nSPS) is 16.5. The minimum atomic E-state index is -1.05. The first-order valence-electron chi connectivity index (χ1n) is 9.45. The molecule has 2 aromatic rings. The van der Waals surface area contributed by atoms with Gasteiger partial charge in [0, 0.05) is 19.6 Å². The largest absolute Gasteiger partial charge is 0.497 e. The van der Waals surface area contributed by atoms with E-state index in [1.54, 1.807) is 31.4 Å². The molecule has 2 aromatic carbocycles. The van der Waals surface area contributed by atoms with Gasteiger partial charge in [0.05, 0.1) is 18.7 Å². The summed E-state index contributed by atoms with van der Waals surface area (Å²) in [7, 11) is 1.59. The van der Waals surface area contributed by atoms with Gasteiger partial charge in [-0.1, -0.05) is 24.3 Å². The average Bonchev–Trinajstić information content (AvgIpc) is 2.75. The Hall–Kier alpha value is -2.95. The van der Waals surface area contributed by atoms with Crippen molar-refractivity contribution in [1.82, 2.24) is 5.32 Å². The van der Waals surface area contributed by atoms with Crippen molar-refractivity contribution in [3.63, 3.8) is 0 Å². The molecule has 3 rings (SSSR count). The molecule has 29 heavy (non-hydrogen) atoms. The minimum Gasteiger partial charge on any atom is -0.497 e. The van der Waals surface area contributed by atoms with E-state index in [9.17, 15) is 14.4 Å². The van der Waals surface area contributed by atoms with Crippen LogP contribution in [0.5, 0.6) is 5.75 Å². The molecule has 0 spiro atoms. The van der Waals surface area contributed by atoms with Gasteiger partial charge >= 0.3 is 0 Å². The van der Waals surface area contributed by atoms with E-state index in [2.05, 4.69) is 5.32 Å². The maximum Gasteiger partial charge on any atom is 0.241 e. The van der Waals surface area contributed by atoms with E-state index >= 15 is 0 Å². The Morgan fingerprint density at radius 2 is 1.93 bits per heavy atom. The molecule has 0 unspecified atom stereocenters. The van der Waals surface area contributed by atoms with Crippen LogP contribution in [0.4, 0.5) is 4.39 Å². The Balaban J connectivity index is 1.69. The number of hydrogen-bond acceptors (Lipinski definition) is 5. The van der Waals surface area contributed by atoms with Crippen molar-refractivity contribution in [2.75, 3.05) is 20.3 Å². The van der Waals surface area contributed by atoms with Crippen LogP contribution in [0.1, 0.15) is 18.4 Å². The van der Waals surface area contributed by atoms with Crippen molar-refractivity contribution in [2.45, 2.75) is 30.8 Å². The van der Waals surface area contributed by atoms with Crippen LogP contribution >= 0.6 is 0 Å². The highest BCUT2D eigenvalue weighted by atomic mass is 19.1. The van der Waals surface area contributed by atoms with Crippen LogP contribution in [0.25, 0.3) is 11.1 Å². The number of nitrogens with two attached hydrogens (primary N) is 1. The van der Waals surface area contributed by atoms with Crippen molar-refractivity contribution >= 4 is 5.91 Å². The van der Waals surface area contributed by atoms with E-state index in [0.29, 0.717) is 31.6 Å². The molecule has 152 valence electrons. The third-order valence-electron chi connectivity index (χ3n) is 5.20. The lowest BCUT2D eigenvalue weighted by Gasteiger charge is -2.32. The predicted octanol–water partition coefficient (Wildman–Crippen LogP) is 2.56. The van der Waals surface area contributed by atoms with E-state index in [1.807, 2.05) is 18.2 Å². The van der Waals surface area contributed by atoms with Gasteiger partial charge in [0.2, 0.25) is 5.91 Å². The number of nitriles is 1. The molecule has 6 nitrogen and oxygen atoms in total. The molecule has 1 fully saturated rings. The topological polar surface area (TPSA) is 97.4 Å². The SMILES string of the molecule is COc1ccc(-c2ccc(C[C@@H](C#N)NC(=O)C3(N)CCOCC3)c(F)c2)cc1. The number of hydrogen-bond donors (Lipinski definition) is 2. The van der Waals surface area contributed by atoms with Gasteiger partial charge in [-0.05, 0) is 47.7 Å². The summed E-state index contributed by atoms with van der Waals surface area (Å²) >= 11 is 0. The second-order valence-electron chi connectivity index (χ2n) is 7.16. The molecule has 3 N–H and O–H groups in total. The standard InChI is InChI=1S/C22H24FN3O3/c1-28-19-6-4-15(5-7-19)16-2-3-17(20(23)13-16)12-18(14-24)26-21(27)22(25)8-10-29-11-9-22/h2-7,13,18H,8-12,25H2,1H3,(H,26,27)/t18-/m0/s1. The number of rotatable bonds is 6. The predicted molar refractivity (Wildman–Crippen MR) is 107 cm³/mol. The Bertz CT molecular complexity index is 903. The van der Waals surface area contributed by atoms with E-state index < -0.39 is 23.3 Å². The zero-order chi connectivity index (χ0) is 20.9. The summed E-state index contributed by atoms with van der Waals surface area (Å²) in [6.07, 6.45) is 0.841. The van der Waals surface area contributed by atoms with Crippen LogP contribution < -0.4 is 15.8 Å². The van der Waals surface area contributed by atoms with Crippen LogP contribution in [0.15, 0.2) is 42.5 Å². The monoisotopic (exact) mass is 397 g/mol. The van der Waals surface area contributed by atoms with Crippen molar-refractivity contribution < 1.29 is 18.7 Å². The van der Waals surface area contributed by atoms with E-state index in [-0.39, 0.29) is 6.42 Å². The number of ether oxygens (including phenoxy) is 2. The van der Waals surface area contributed by atoms with Crippen LogP contribution in [0.3, 0.4) is 0 Å². The Labute approximate surface area is 169 Å². The maximum absolute atomic E-state index is 14.7. The van der Waals surface area contributed by atoms with Gasteiger partial charge in [0.1, 0.15) is 17.6 Å². The maximum atomic E-state index is 14.7. The highest BCUT2D eigenvalue weighted by Gasteiger charge is 2.36. The lowest BCUT2D eigenvalue weighted by molar-refractivity contribution is -0.130. The first kappa shape index (κ1) is 20.8. The van der Waals surface area contributed by atoms with E-state index in [1.165, 1.54) is 6.07 Å². The lowest BCUT2D eigenvalue weighted by atomic mass is 9.90. The number of carbonyl (C=O) groups is 1. The Morgan fingerprint density at radius 3 is 2.52 bits per heavy atom. The van der Waals surface area contributed by atoms with Crippen molar-refractivity contribution in [3.8, 4) is 22.9 Å². The number of nitrogens with zero attached hydrogens (tertiary/aromatic N) is 1. The summed E-state index contributed by atoms with van der Waals surface area (Å²) in [4.78, 5) is 12.5. The molecule has 1 saturated heterocycles. The molecular weight excluding hydrogens is 373 g/mol. The fourth-order valence-corrected chi connectivity index (χ4v) is 3.29. The van der Waals surface area contributed by atoms with Gasteiger partial charge in [-0.2, -0.15) is 5.26 Å². The summed E-state index contributed by atoms with van der Waals surface area (Å²) in [5, 5.41) is 12.1. The molecule has 0 bridgehead atoms. The summed E-state index contributed by atoms with van der Waals surface area (Å²) in [6, 6.07) is 13.3. The Kier molecular flexibility index (Phi) is 6.47. The average molecular weight is 397 g/mol. The van der Waals surface area contributed by atoms with Gasteiger partial charge in [-0.15, -0.1) is 0 Å². The molecule has 1 amide bonds. The number of halogens is 1. The van der Waals surface area contributed by atoms with Crippen molar-refractivity contribution in [1.29, 1.82) is 5.26 Å². The van der Waals surface area contributed by atoms with E-state index in [4.69, 9.17) is 15.2 Å². The molecule has 0 saturated carbocycles.